The summed E-state index contributed by atoms with van der Waals surface area (Å²) in [5, 5.41) is 10.2. The molecule has 16 heavy (non-hydrogen) atoms. The van der Waals surface area contributed by atoms with Crippen LogP contribution in [0.2, 0.25) is 10.0 Å². The molecular formula is C10H5BrCl2O3. The van der Waals surface area contributed by atoms with Crippen LogP contribution < -0.4 is 0 Å². The summed E-state index contributed by atoms with van der Waals surface area (Å²) in [6.07, 6.45) is -0.711. The molecule has 0 radical (unpaired) electrons. The maximum atomic E-state index is 11.1. The summed E-state index contributed by atoms with van der Waals surface area (Å²) in [5.41, 5.74) is 0.565. The van der Waals surface area contributed by atoms with Crippen LogP contribution in [0.1, 0.15) is 11.7 Å². The van der Waals surface area contributed by atoms with Crippen molar-refractivity contribution in [3.63, 3.8) is 0 Å². The molecule has 0 fully saturated rings. The van der Waals surface area contributed by atoms with Crippen molar-refractivity contribution >= 4 is 45.1 Å². The number of carbonyl (C=O) groups excluding carboxylic acids is 1. The molecule has 1 aromatic carbocycles. The van der Waals surface area contributed by atoms with E-state index in [1.807, 2.05) is 0 Å². The summed E-state index contributed by atoms with van der Waals surface area (Å²) in [6.45, 7) is 0. The first-order valence-electron chi connectivity index (χ1n) is 4.25. The van der Waals surface area contributed by atoms with Crippen LogP contribution in [0.25, 0.3) is 0 Å². The van der Waals surface area contributed by atoms with E-state index in [9.17, 15) is 9.90 Å². The molecule has 0 spiro atoms. The van der Waals surface area contributed by atoms with E-state index in [2.05, 4.69) is 15.9 Å². The molecule has 1 atom stereocenters. The van der Waals surface area contributed by atoms with Crippen molar-refractivity contribution < 1.29 is 14.6 Å². The third kappa shape index (κ3) is 1.93. The molecule has 1 heterocycles. The van der Waals surface area contributed by atoms with E-state index in [0.717, 1.165) is 0 Å². The van der Waals surface area contributed by atoms with Crippen molar-refractivity contribution in [2.24, 2.45) is 0 Å². The van der Waals surface area contributed by atoms with Crippen LogP contribution in [0.3, 0.4) is 0 Å². The molecule has 0 aromatic heterocycles. The SMILES string of the molecule is O=C1OC(c2ccc(Cl)cc2Cl)C(Br)=C1O. The number of carbonyl (C=O) groups is 1. The third-order valence-corrected chi connectivity index (χ3v) is 3.47. The second-order valence-electron chi connectivity index (χ2n) is 3.15. The highest BCUT2D eigenvalue weighted by atomic mass is 79.9. The second kappa shape index (κ2) is 4.28. The van der Waals surface area contributed by atoms with Gasteiger partial charge in [0.2, 0.25) is 5.76 Å². The molecular weight excluding hydrogens is 319 g/mol. The van der Waals surface area contributed by atoms with E-state index >= 15 is 0 Å². The largest absolute Gasteiger partial charge is 0.501 e. The lowest BCUT2D eigenvalue weighted by molar-refractivity contribution is -0.142. The predicted molar refractivity (Wildman–Crippen MR) is 63.9 cm³/mol. The second-order valence-corrected chi connectivity index (χ2v) is 4.85. The normalized spacial score (nSPS) is 20.2. The summed E-state index contributed by atoms with van der Waals surface area (Å²) in [4.78, 5) is 11.1. The highest BCUT2D eigenvalue weighted by Gasteiger charge is 2.34. The highest BCUT2D eigenvalue weighted by molar-refractivity contribution is 9.11. The Kier molecular flexibility index (Phi) is 3.15. The average molecular weight is 324 g/mol. The van der Waals surface area contributed by atoms with Crippen LogP contribution >= 0.6 is 39.1 Å². The van der Waals surface area contributed by atoms with E-state index in [0.29, 0.717) is 15.6 Å². The Balaban J connectivity index is 2.44. The summed E-state index contributed by atoms with van der Waals surface area (Å²) in [7, 11) is 0. The summed E-state index contributed by atoms with van der Waals surface area (Å²) in [5.74, 6) is -1.21. The average Bonchev–Trinajstić information content (AvgIpc) is 2.46. The van der Waals surface area contributed by atoms with Gasteiger partial charge in [0.25, 0.3) is 0 Å². The van der Waals surface area contributed by atoms with Crippen molar-refractivity contribution in [1.29, 1.82) is 0 Å². The topological polar surface area (TPSA) is 46.5 Å². The van der Waals surface area contributed by atoms with Gasteiger partial charge < -0.3 is 9.84 Å². The fraction of sp³-hybridized carbons (Fsp3) is 0.100. The number of ether oxygens (including phenoxy) is 1. The Morgan fingerprint density at radius 1 is 1.38 bits per heavy atom. The molecule has 2 rings (SSSR count). The summed E-state index contributed by atoms with van der Waals surface area (Å²) < 4.78 is 5.22. The van der Waals surface area contributed by atoms with Crippen molar-refractivity contribution in [3.05, 3.63) is 44.0 Å². The molecule has 1 N–H and O–H groups in total. The van der Waals surface area contributed by atoms with E-state index in [1.165, 1.54) is 0 Å². The lowest BCUT2D eigenvalue weighted by atomic mass is 10.1. The van der Waals surface area contributed by atoms with Crippen LogP contribution in [-0.2, 0) is 9.53 Å². The molecule has 1 aliphatic heterocycles. The minimum Gasteiger partial charge on any atom is -0.501 e. The van der Waals surface area contributed by atoms with Gasteiger partial charge in [-0.25, -0.2) is 4.79 Å². The number of cyclic esters (lactones) is 1. The minimum absolute atomic E-state index is 0.265. The molecule has 0 bridgehead atoms. The lowest BCUT2D eigenvalue weighted by Crippen LogP contribution is -2.03. The molecule has 0 saturated carbocycles. The Bertz CT molecular complexity index is 499. The molecule has 0 amide bonds. The van der Waals surface area contributed by atoms with E-state index in [-0.39, 0.29) is 4.48 Å². The lowest BCUT2D eigenvalue weighted by Gasteiger charge is -2.12. The highest BCUT2D eigenvalue weighted by Crippen LogP contribution is 2.41. The third-order valence-electron chi connectivity index (χ3n) is 2.12. The number of hydrogen-bond acceptors (Lipinski definition) is 3. The number of rotatable bonds is 1. The Morgan fingerprint density at radius 3 is 2.56 bits per heavy atom. The van der Waals surface area contributed by atoms with Gasteiger partial charge in [-0.1, -0.05) is 29.3 Å². The van der Waals surface area contributed by atoms with Gasteiger partial charge in [0, 0.05) is 15.6 Å². The zero-order valence-electron chi connectivity index (χ0n) is 7.71. The fourth-order valence-electron chi connectivity index (χ4n) is 1.35. The fourth-order valence-corrected chi connectivity index (χ4v) is 2.36. The summed E-state index contributed by atoms with van der Waals surface area (Å²) >= 11 is 14.8. The number of halogens is 3. The first-order valence-corrected chi connectivity index (χ1v) is 5.80. The number of benzene rings is 1. The Labute approximate surface area is 110 Å². The Morgan fingerprint density at radius 2 is 2.06 bits per heavy atom. The van der Waals surface area contributed by atoms with Gasteiger partial charge in [-0.2, -0.15) is 0 Å². The van der Waals surface area contributed by atoms with Gasteiger partial charge in [-0.05, 0) is 28.1 Å². The summed E-state index contributed by atoms with van der Waals surface area (Å²) in [6, 6.07) is 4.82. The maximum absolute atomic E-state index is 11.1. The van der Waals surface area contributed by atoms with Crippen LogP contribution in [0.5, 0.6) is 0 Å². The van der Waals surface area contributed by atoms with Gasteiger partial charge >= 0.3 is 5.97 Å². The molecule has 0 saturated heterocycles. The zero-order valence-corrected chi connectivity index (χ0v) is 10.8. The standard InChI is InChI=1S/C10H5BrCl2O3/c11-7-8(14)10(15)16-9(7)5-2-1-4(12)3-6(5)13/h1-3,9,14H. The van der Waals surface area contributed by atoms with Crippen molar-refractivity contribution in [3.8, 4) is 0 Å². The van der Waals surface area contributed by atoms with Crippen LogP contribution in [0.4, 0.5) is 0 Å². The molecule has 3 nitrogen and oxygen atoms in total. The number of hydrogen-bond donors (Lipinski definition) is 1. The van der Waals surface area contributed by atoms with E-state index < -0.39 is 17.8 Å². The van der Waals surface area contributed by atoms with Gasteiger partial charge in [-0.3, -0.25) is 0 Å². The van der Waals surface area contributed by atoms with Crippen molar-refractivity contribution in [1.82, 2.24) is 0 Å². The van der Waals surface area contributed by atoms with Gasteiger partial charge in [0.1, 0.15) is 0 Å². The molecule has 0 aliphatic carbocycles. The first kappa shape index (κ1) is 11.8. The molecule has 1 unspecified atom stereocenters. The van der Waals surface area contributed by atoms with Gasteiger partial charge in [0.15, 0.2) is 6.10 Å². The van der Waals surface area contributed by atoms with Crippen molar-refractivity contribution in [2.75, 3.05) is 0 Å². The number of aliphatic hydroxyl groups excluding tert-OH is 1. The van der Waals surface area contributed by atoms with Gasteiger partial charge in [-0.15, -0.1) is 0 Å². The molecule has 1 aliphatic rings. The minimum atomic E-state index is -0.775. The van der Waals surface area contributed by atoms with Crippen LogP contribution in [0.15, 0.2) is 28.4 Å². The maximum Gasteiger partial charge on any atom is 0.375 e. The number of esters is 1. The monoisotopic (exact) mass is 322 g/mol. The molecule has 6 heteroatoms. The molecule has 1 aromatic rings. The van der Waals surface area contributed by atoms with E-state index in [4.69, 9.17) is 27.9 Å². The van der Waals surface area contributed by atoms with E-state index in [1.54, 1.807) is 18.2 Å². The smallest absolute Gasteiger partial charge is 0.375 e. The Hall–Kier alpha value is -0.710. The molecule has 84 valence electrons. The first-order chi connectivity index (χ1) is 7.50. The predicted octanol–water partition coefficient (Wildman–Crippen LogP) is 3.76. The quantitative estimate of drug-likeness (QED) is 0.800. The van der Waals surface area contributed by atoms with Crippen LogP contribution in [0, 0.1) is 0 Å². The van der Waals surface area contributed by atoms with Crippen LogP contribution in [-0.4, -0.2) is 11.1 Å². The van der Waals surface area contributed by atoms with Crippen molar-refractivity contribution in [2.45, 2.75) is 6.10 Å². The van der Waals surface area contributed by atoms with Gasteiger partial charge in [0.05, 0.1) is 4.48 Å². The number of aliphatic hydroxyl groups is 1. The zero-order chi connectivity index (χ0) is 11.9.